The molecule has 140 valence electrons. The van der Waals surface area contributed by atoms with Gasteiger partial charge < -0.3 is 14.5 Å². The maximum Gasteiger partial charge on any atom is 0.231 e. The van der Waals surface area contributed by atoms with E-state index in [0.717, 1.165) is 52.0 Å². The fourth-order valence-electron chi connectivity index (χ4n) is 3.36. The zero-order valence-electron chi connectivity index (χ0n) is 15.5. The molecule has 0 aliphatic carbocycles. The lowest BCUT2D eigenvalue weighted by molar-refractivity contribution is 0.174. The van der Waals surface area contributed by atoms with Gasteiger partial charge in [-0.3, -0.25) is 4.98 Å². The Kier molecular flexibility index (Phi) is 4.05. The standard InChI is InChI=1S/C23H19N3O2.H2/c1-2-15-6-8-16(9-7-15)23-25-21(22(26-23)18-5-3-4-12-24-18)17-10-11-19-20(13-17)28-14-27-19;/h3-13H,2,14H2,1H3,(H,25,26);1H. The van der Waals surface area contributed by atoms with Gasteiger partial charge in [0.2, 0.25) is 6.79 Å². The Bertz CT molecular complexity index is 1120. The summed E-state index contributed by atoms with van der Waals surface area (Å²) in [5.41, 5.74) is 5.87. The minimum Gasteiger partial charge on any atom is -0.454 e. The van der Waals surface area contributed by atoms with Crippen molar-refractivity contribution < 1.29 is 10.9 Å². The number of rotatable bonds is 4. The molecule has 28 heavy (non-hydrogen) atoms. The highest BCUT2D eigenvalue weighted by molar-refractivity contribution is 5.80. The number of hydrogen-bond acceptors (Lipinski definition) is 4. The van der Waals surface area contributed by atoms with E-state index in [2.05, 4.69) is 41.2 Å². The second-order valence-electron chi connectivity index (χ2n) is 6.64. The molecular weight excluding hydrogens is 350 g/mol. The van der Waals surface area contributed by atoms with Gasteiger partial charge in [-0.25, -0.2) is 4.98 Å². The van der Waals surface area contributed by atoms with E-state index < -0.39 is 0 Å². The summed E-state index contributed by atoms with van der Waals surface area (Å²) >= 11 is 0. The van der Waals surface area contributed by atoms with E-state index in [1.165, 1.54) is 5.56 Å². The molecule has 0 amide bonds. The Labute approximate surface area is 164 Å². The summed E-state index contributed by atoms with van der Waals surface area (Å²) in [6.45, 7) is 2.40. The van der Waals surface area contributed by atoms with E-state index in [0.29, 0.717) is 0 Å². The Morgan fingerprint density at radius 3 is 2.57 bits per heavy atom. The van der Waals surface area contributed by atoms with E-state index in [-0.39, 0.29) is 8.22 Å². The van der Waals surface area contributed by atoms with Crippen LogP contribution in [0.15, 0.2) is 66.9 Å². The van der Waals surface area contributed by atoms with Crippen LogP contribution in [0.3, 0.4) is 0 Å². The normalized spacial score (nSPS) is 12.3. The van der Waals surface area contributed by atoms with E-state index in [4.69, 9.17) is 14.5 Å². The van der Waals surface area contributed by atoms with Crippen molar-refractivity contribution >= 4 is 0 Å². The maximum absolute atomic E-state index is 5.55. The minimum absolute atomic E-state index is 0. The van der Waals surface area contributed by atoms with E-state index in [1.807, 2.05) is 36.4 Å². The van der Waals surface area contributed by atoms with Crippen LogP contribution in [0.4, 0.5) is 0 Å². The molecule has 5 nitrogen and oxygen atoms in total. The predicted octanol–water partition coefficient (Wildman–Crippen LogP) is 5.34. The van der Waals surface area contributed by atoms with Gasteiger partial charge in [-0.05, 0) is 42.3 Å². The Morgan fingerprint density at radius 1 is 0.964 bits per heavy atom. The van der Waals surface area contributed by atoms with Gasteiger partial charge in [-0.2, -0.15) is 0 Å². The molecule has 0 saturated heterocycles. The van der Waals surface area contributed by atoms with Crippen LogP contribution in [0.5, 0.6) is 11.5 Å². The first-order valence-corrected chi connectivity index (χ1v) is 9.32. The van der Waals surface area contributed by atoms with Crippen molar-refractivity contribution in [1.82, 2.24) is 15.0 Å². The average molecular weight is 371 g/mol. The average Bonchev–Trinajstić information content (AvgIpc) is 3.41. The lowest BCUT2D eigenvalue weighted by atomic mass is 10.1. The van der Waals surface area contributed by atoms with Crippen LogP contribution in [-0.4, -0.2) is 21.7 Å². The highest BCUT2D eigenvalue weighted by atomic mass is 16.7. The van der Waals surface area contributed by atoms with Gasteiger partial charge in [-0.1, -0.05) is 37.3 Å². The summed E-state index contributed by atoms with van der Waals surface area (Å²) in [6, 6.07) is 20.2. The van der Waals surface area contributed by atoms with Crippen LogP contribution in [0.1, 0.15) is 13.9 Å². The maximum atomic E-state index is 5.55. The number of imidazole rings is 1. The van der Waals surface area contributed by atoms with Gasteiger partial charge in [-0.15, -0.1) is 0 Å². The highest BCUT2D eigenvalue weighted by Gasteiger charge is 2.19. The van der Waals surface area contributed by atoms with Crippen molar-refractivity contribution in [1.29, 1.82) is 0 Å². The second kappa shape index (κ2) is 6.85. The molecule has 1 N–H and O–H groups in total. The molecule has 3 heterocycles. The molecule has 0 fully saturated rings. The number of benzene rings is 2. The summed E-state index contributed by atoms with van der Waals surface area (Å²) in [6.07, 6.45) is 2.80. The van der Waals surface area contributed by atoms with Gasteiger partial charge >= 0.3 is 0 Å². The number of nitrogens with zero attached hydrogens (tertiary/aromatic N) is 2. The zero-order valence-corrected chi connectivity index (χ0v) is 15.5. The molecule has 0 radical (unpaired) electrons. The van der Waals surface area contributed by atoms with Crippen molar-refractivity contribution in [3.63, 3.8) is 0 Å². The number of nitrogens with one attached hydrogen (secondary N) is 1. The molecule has 0 saturated carbocycles. The predicted molar refractivity (Wildman–Crippen MR) is 110 cm³/mol. The molecule has 0 bridgehead atoms. The molecule has 2 aromatic carbocycles. The zero-order chi connectivity index (χ0) is 18.9. The molecule has 5 heteroatoms. The van der Waals surface area contributed by atoms with Crippen molar-refractivity contribution in [2.24, 2.45) is 0 Å². The molecule has 4 aromatic rings. The lowest BCUT2D eigenvalue weighted by Gasteiger charge is -2.03. The number of hydrogen-bond donors (Lipinski definition) is 1. The first-order valence-electron chi connectivity index (χ1n) is 9.32. The van der Waals surface area contributed by atoms with Gasteiger partial charge in [0.1, 0.15) is 5.82 Å². The van der Waals surface area contributed by atoms with Gasteiger partial charge in [0, 0.05) is 18.8 Å². The van der Waals surface area contributed by atoms with Gasteiger partial charge in [0.05, 0.1) is 17.1 Å². The highest BCUT2D eigenvalue weighted by Crippen LogP contribution is 2.38. The molecule has 1 aliphatic heterocycles. The molecule has 0 unspecified atom stereocenters. The number of aryl methyl sites for hydroxylation is 1. The third kappa shape index (κ3) is 2.91. The Balaban J connectivity index is 0.00000205. The number of pyridine rings is 1. The van der Waals surface area contributed by atoms with Crippen molar-refractivity contribution in [3.8, 4) is 45.5 Å². The number of aromatic amines is 1. The first kappa shape index (κ1) is 16.6. The smallest absolute Gasteiger partial charge is 0.231 e. The van der Waals surface area contributed by atoms with Crippen LogP contribution in [0, 0.1) is 0 Å². The number of H-pyrrole nitrogens is 1. The van der Waals surface area contributed by atoms with Crippen molar-refractivity contribution in [2.45, 2.75) is 13.3 Å². The Morgan fingerprint density at radius 2 is 1.79 bits per heavy atom. The number of fused-ring (bicyclic) bond motifs is 1. The first-order chi connectivity index (χ1) is 13.8. The van der Waals surface area contributed by atoms with Crippen LogP contribution in [0.2, 0.25) is 0 Å². The molecule has 5 rings (SSSR count). The second-order valence-corrected chi connectivity index (χ2v) is 6.64. The van der Waals surface area contributed by atoms with Crippen LogP contribution in [-0.2, 0) is 6.42 Å². The van der Waals surface area contributed by atoms with Gasteiger partial charge in [0.25, 0.3) is 0 Å². The fraction of sp³-hybridized carbons (Fsp3) is 0.130. The number of ether oxygens (including phenoxy) is 2. The third-order valence-corrected chi connectivity index (χ3v) is 4.91. The van der Waals surface area contributed by atoms with E-state index in [1.54, 1.807) is 6.20 Å². The summed E-state index contributed by atoms with van der Waals surface area (Å²) in [4.78, 5) is 12.9. The lowest BCUT2D eigenvalue weighted by Crippen LogP contribution is -1.92. The van der Waals surface area contributed by atoms with E-state index >= 15 is 0 Å². The Hall–Kier alpha value is -3.60. The SMILES string of the molecule is CCc1ccc(-c2nc(-c3ccc4c(c3)OCO4)c(-c3ccccn3)[nH]2)cc1.[HH]. The van der Waals surface area contributed by atoms with Crippen molar-refractivity contribution in [2.75, 3.05) is 6.79 Å². The molecular formula is C23H21N3O2. The van der Waals surface area contributed by atoms with Crippen LogP contribution >= 0.6 is 0 Å². The topological polar surface area (TPSA) is 60.0 Å². The summed E-state index contributed by atoms with van der Waals surface area (Å²) < 4.78 is 11.0. The summed E-state index contributed by atoms with van der Waals surface area (Å²) in [7, 11) is 0. The van der Waals surface area contributed by atoms with Crippen LogP contribution in [0.25, 0.3) is 34.0 Å². The molecule has 2 aromatic heterocycles. The molecule has 1 aliphatic rings. The van der Waals surface area contributed by atoms with Crippen molar-refractivity contribution in [3.05, 3.63) is 72.4 Å². The molecule has 0 spiro atoms. The van der Waals surface area contributed by atoms with E-state index in [9.17, 15) is 0 Å². The van der Waals surface area contributed by atoms with Gasteiger partial charge in [0.15, 0.2) is 11.5 Å². The molecule has 0 atom stereocenters. The largest absolute Gasteiger partial charge is 0.454 e. The summed E-state index contributed by atoms with van der Waals surface area (Å²) in [5.74, 6) is 2.31. The minimum atomic E-state index is 0. The third-order valence-electron chi connectivity index (χ3n) is 4.91. The number of aromatic nitrogens is 3. The van der Waals surface area contributed by atoms with Crippen LogP contribution < -0.4 is 9.47 Å². The quantitative estimate of drug-likeness (QED) is 0.526. The monoisotopic (exact) mass is 371 g/mol. The summed E-state index contributed by atoms with van der Waals surface area (Å²) in [5, 5.41) is 0. The fourth-order valence-corrected chi connectivity index (χ4v) is 3.36.